The zero-order valence-corrected chi connectivity index (χ0v) is 8.19. The summed E-state index contributed by atoms with van der Waals surface area (Å²) in [5.74, 6) is -2.53. The van der Waals surface area contributed by atoms with Crippen LogP contribution >= 0.6 is 0 Å². The van der Waals surface area contributed by atoms with Crippen molar-refractivity contribution in [2.45, 2.75) is 31.2 Å². The number of rotatable bonds is 3. The molecular formula is C11H12F3N. The molecule has 82 valence electrons. The molecule has 1 aromatic rings. The van der Waals surface area contributed by atoms with Gasteiger partial charge in [-0.1, -0.05) is 0 Å². The van der Waals surface area contributed by atoms with E-state index in [0.717, 1.165) is 12.8 Å². The molecule has 1 saturated carbocycles. The standard InChI is InChI=1S/C11H12F3N/c12-7-5-9(13)8(10(14)6-7)1-2-11(15)3-4-11/h5-6H,1-4,15H2. The summed E-state index contributed by atoms with van der Waals surface area (Å²) in [7, 11) is 0. The molecule has 2 N–H and O–H groups in total. The molecule has 1 nitrogen and oxygen atoms in total. The molecule has 2 rings (SSSR count). The molecule has 0 heterocycles. The Labute approximate surface area is 86.1 Å². The van der Waals surface area contributed by atoms with Gasteiger partial charge in [0.2, 0.25) is 0 Å². The highest BCUT2D eigenvalue weighted by Gasteiger charge is 2.37. The van der Waals surface area contributed by atoms with Crippen LogP contribution in [-0.4, -0.2) is 5.54 Å². The number of hydrogen-bond acceptors (Lipinski definition) is 1. The Kier molecular flexibility index (Phi) is 2.46. The molecule has 0 bridgehead atoms. The Morgan fingerprint density at radius 2 is 1.67 bits per heavy atom. The summed E-state index contributed by atoms with van der Waals surface area (Å²) in [4.78, 5) is 0. The molecule has 0 atom stereocenters. The molecule has 0 amide bonds. The molecule has 0 aromatic heterocycles. The number of hydrogen-bond donors (Lipinski definition) is 1. The van der Waals surface area contributed by atoms with Crippen molar-refractivity contribution < 1.29 is 13.2 Å². The summed E-state index contributed by atoms with van der Waals surface area (Å²) >= 11 is 0. The van der Waals surface area contributed by atoms with Crippen LogP contribution in [0.3, 0.4) is 0 Å². The fourth-order valence-corrected chi connectivity index (χ4v) is 1.60. The van der Waals surface area contributed by atoms with Crippen LogP contribution in [0.15, 0.2) is 12.1 Å². The molecule has 1 fully saturated rings. The van der Waals surface area contributed by atoms with Crippen molar-refractivity contribution in [3.63, 3.8) is 0 Å². The fourth-order valence-electron chi connectivity index (χ4n) is 1.60. The van der Waals surface area contributed by atoms with E-state index in [2.05, 4.69) is 0 Å². The lowest BCUT2D eigenvalue weighted by atomic mass is 10.0. The lowest BCUT2D eigenvalue weighted by Crippen LogP contribution is -2.22. The number of halogens is 3. The van der Waals surface area contributed by atoms with Crippen LogP contribution in [0, 0.1) is 17.5 Å². The predicted molar refractivity (Wildman–Crippen MR) is 50.8 cm³/mol. The Morgan fingerprint density at radius 1 is 1.13 bits per heavy atom. The van der Waals surface area contributed by atoms with Crippen molar-refractivity contribution in [2.75, 3.05) is 0 Å². The van der Waals surface area contributed by atoms with Crippen molar-refractivity contribution in [1.29, 1.82) is 0 Å². The van der Waals surface area contributed by atoms with E-state index in [9.17, 15) is 13.2 Å². The quantitative estimate of drug-likeness (QED) is 0.823. The number of benzene rings is 1. The smallest absolute Gasteiger partial charge is 0.132 e. The molecule has 0 radical (unpaired) electrons. The molecule has 1 aliphatic rings. The van der Waals surface area contributed by atoms with Gasteiger partial charge in [0.25, 0.3) is 0 Å². The first-order chi connectivity index (χ1) is 7.00. The summed E-state index contributed by atoms with van der Waals surface area (Å²) in [6.07, 6.45) is 2.58. The van der Waals surface area contributed by atoms with E-state index in [4.69, 9.17) is 5.73 Å². The van der Waals surface area contributed by atoms with Gasteiger partial charge in [-0.15, -0.1) is 0 Å². The Hall–Kier alpha value is -1.03. The third kappa shape index (κ3) is 2.31. The second-order valence-corrected chi connectivity index (χ2v) is 4.21. The lowest BCUT2D eigenvalue weighted by molar-refractivity contribution is 0.508. The van der Waals surface area contributed by atoms with Gasteiger partial charge in [0, 0.05) is 23.2 Å². The second-order valence-electron chi connectivity index (χ2n) is 4.21. The summed E-state index contributed by atoms with van der Waals surface area (Å²) < 4.78 is 39.0. The topological polar surface area (TPSA) is 26.0 Å². The van der Waals surface area contributed by atoms with E-state index in [0.29, 0.717) is 18.6 Å². The van der Waals surface area contributed by atoms with Crippen molar-refractivity contribution in [2.24, 2.45) is 5.73 Å². The molecule has 0 spiro atoms. The van der Waals surface area contributed by atoms with E-state index >= 15 is 0 Å². The first kappa shape index (κ1) is 10.5. The molecule has 1 aliphatic carbocycles. The maximum absolute atomic E-state index is 13.2. The lowest BCUT2D eigenvalue weighted by Gasteiger charge is -2.09. The molecule has 0 saturated heterocycles. The van der Waals surface area contributed by atoms with E-state index in [1.807, 2.05) is 0 Å². The van der Waals surface area contributed by atoms with Crippen molar-refractivity contribution >= 4 is 0 Å². The van der Waals surface area contributed by atoms with Crippen LogP contribution in [0.25, 0.3) is 0 Å². The van der Waals surface area contributed by atoms with Crippen LogP contribution in [-0.2, 0) is 6.42 Å². The minimum absolute atomic E-state index is 0.0619. The normalized spacial score (nSPS) is 17.9. The van der Waals surface area contributed by atoms with E-state index in [1.165, 1.54) is 0 Å². The van der Waals surface area contributed by atoms with Crippen LogP contribution < -0.4 is 5.73 Å². The SMILES string of the molecule is NC1(CCc2c(F)cc(F)cc2F)CC1. The monoisotopic (exact) mass is 215 g/mol. The van der Waals surface area contributed by atoms with Crippen molar-refractivity contribution in [3.05, 3.63) is 35.1 Å². The largest absolute Gasteiger partial charge is 0.325 e. The first-order valence-corrected chi connectivity index (χ1v) is 4.92. The highest BCUT2D eigenvalue weighted by atomic mass is 19.1. The Bertz CT molecular complexity index is 362. The molecular weight excluding hydrogens is 203 g/mol. The fraction of sp³-hybridized carbons (Fsp3) is 0.455. The third-order valence-electron chi connectivity index (χ3n) is 2.87. The number of nitrogens with two attached hydrogens (primary N) is 1. The summed E-state index contributed by atoms with van der Waals surface area (Å²) in [6.45, 7) is 0. The van der Waals surface area contributed by atoms with Crippen LogP contribution in [0.5, 0.6) is 0 Å². The van der Waals surface area contributed by atoms with Gasteiger partial charge in [-0.05, 0) is 25.7 Å². The van der Waals surface area contributed by atoms with Crippen LogP contribution in [0.4, 0.5) is 13.2 Å². The highest BCUT2D eigenvalue weighted by molar-refractivity contribution is 5.21. The zero-order valence-electron chi connectivity index (χ0n) is 8.19. The Morgan fingerprint density at radius 3 is 2.13 bits per heavy atom. The minimum atomic E-state index is -0.886. The molecule has 0 aliphatic heterocycles. The molecule has 4 heteroatoms. The molecule has 0 unspecified atom stereocenters. The predicted octanol–water partition coefficient (Wildman–Crippen LogP) is 2.53. The maximum Gasteiger partial charge on any atom is 0.132 e. The summed E-state index contributed by atoms with van der Waals surface area (Å²) in [5, 5.41) is 0. The van der Waals surface area contributed by atoms with E-state index in [-0.39, 0.29) is 17.5 Å². The zero-order chi connectivity index (χ0) is 11.1. The van der Waals surface area contributed by atoms with Crippen LogP contribution in [0.2, 0.25) is 0 Å². The average Bonchev–Trinajstić information content (AvgIpc) is 2.82. The van der Waals surface area contributed by atoms with E-state index < -0.39 is 17.5 Å². The van der Waals surface area contributed by atoms with E-state index in [1.54, 1.807) is 0 Å². The highest BCUT2D eigenvalue weighted by Crippen LogP contribution is 2.37. The minimum Gasteiger partial charge on any atom is -0.325 e. The molecule has 1 aromatic carbocycles. The maximum atomic E-state index is 13.2. The van der Waals surface area contributed by atoms with Gasteiger partial charge in [-0.3, -0.25) is 0 Å². The summed E-state index contributed by atoms with van der Waals surface area (Å²) in [6, 6.07) is 1.41. The van der Waals surface area contributed by atoms with Crippen molar-refractivity contribution in [3.8, 4) is 0 Å². The average molecular weight is 215 g/mol. The van der Waals surface area contributed by atoms with Gasteiger partial charge < -0.3 is 5.73 Å². The molecule has 15 heavy (non-hydrogen) atoms. The van der Waals surface area contributed by atoms with Gasteiger partial charge >= 0.3 is 0 Å². The van der Waals surface area contributed by atoms with Gasteiger partial charge in [-0.2, -0.15) is 0 Å². The van der Waals surface area contributed by atoms with Crippen LogP contribution in [0.1, 0.15) is 24.8 Å². The second kappa shape index (κ2) is 3.52. The summed E-state index contributed by atoms with van der Waals surface area (Å²) in [5.41, 5.74) is 5.50. The van der Waals surface area contributed by atoms with Gasteiger partial charge in [0.1, 0.15) is 17.5 Å². The first-order valence-electron chi connectivity index (χ1n) is 4.92. The van der Waals surface area contributed by atoms with Crippen molar-refractivity contribution in [1.82, 2.24) is 0 Å². The third-order valence-corrected chi connectivity index (χ3v) is 2.87. The Balaban J connectivity index is 2.13. The van der Waals surface area contributed by atoms with Gasteiger partial charge in [0.15, 0.2) is 0 Å². The van der Waals surface area contributed by atoms with Gasteiger partial charge in [0.05, 0.1) is 0 Å². The van der Waals surface area contributed by atoms with Gasteiger partial charge in [-0.25, -0.2) is 13.2 Å².